The van der Waals surface area contributed by atoms with Crippen LogP contribution in [0.1, 0.15) is 23.7 Å². The fraction of sp³-hybridized carbons (Fsp3) is 0.227. The molecule has 8 heteroatoms. The molecular formula is C22H22N4O4. The lowest BCUT2D eigenvalue weighted by molar-refractivity contribution is -0.122. The van der Waals surface area contributed by atoms with Crippen LogP contribution >= 0.6 is 0 Å². The van der Waals surface area contributed by atoms with Crippen molar-refractivity contribution >= 4 is 23.2 Å². The Morgan fingerprint density at radius 3 is 2.70 bits per heavy atom. The van der Waals surface area contributed by atoms with Gasteiger partial charge in [0.05, 0.1) is 17.8 Å². The molecule has 3 N–H and O–H groups in total. The zero-order valence-electron chi connectivity index (χ0n) is 16.9. The van der Waals surface area contributed by atoms with Crippen molar-refractivity contribution in [2.24, 2.45) is 0 Å². The molecule has 8 nitrogen and oxygen atoms in total. The van der Waals surface area contributed by atoms with E-state index in [1.165, 1.54) is 4.68 Å². The monoisotopic (exact) mass is 406 g/mol. The van der Waals surface area contributed by atoms with E-state index >= 15 is 0 Å². The van der Waals surface area contributed by atoms with Crippen molar-refractivity contribution < 1.29 is 14.3 Å². The number of H-pyrrole nitrogens is 1. The molecule has 154 valence electrons. The number of anilines is 2. The van der Waals surface area contributed by atoms with E-state index in [2.05, 4.69) is 15.7 Å². The molecule has 0 unspecified atom stereocenters. The number of aromatic nitrogens is 2. The smallest absolute Gasteiger partial charge is 0.275 e. The van der Waals surface area contributed by atoms with Crippen LogP contribution in [-0.4, -0.2) is 27.7 Å². The van der Waals surface area contributed by atoms with Crippen molar-refractivity contribution in [1.82, 2.24) is 9.78 Å². The van der Waals surface area contributed by atoms with Crippen LogP contribution < -0.4 is 20.9 Å². The van der Waals surface area contributed by atoms with E-state index in [1.807, 2.05) is 31.2 Å². The number of hydrogen-bond donors (Lipinski definition) is 3. The number of hydrogen-bond acceptors (Lipinski definition) is 4. The first-order valence-corrected chi connectivity index (χ1v) is 9.61. The molecule has 4 rings (SSSR count). The molecule has 2 heterocycles. The van der Waals surface area contributed by atoms with Gasteiger partial charge in [0.2, 0.25) is 5.91 Å². The highest BCUT2D eigenvalue weighted by Crippen LogP contribution is 2.32. The van der Waals surface area contributed by atoms with Gasteiger partial charge in [-0.25, -0.2) is 4.68 Å². The van der Waals surface area contributed by atoms with Gasteiger partial charge in [-0.15, -0.1) is 0 Å². The molecule has 0 spiro atoms. The van der Waals surface area contributed by atoms with E-state index in [-0.39, 0.29) is 23.8 Å². The number of carbonyl (C=O) groups is 2. The van der Waals surface area contributed by atoms with Gasteiger partial charge in [-0.05, 0) is 50.6 Å². The maximum atomic E-state index is 12.9. The van der Waals surface area contributed by atoms with Gasteiger partial charge in [-0.3, -0.25) is 19.5 Å². The van der Waals surface area contributed by atoms with Gasteiger partial charge in [0.25, 0.3) is 11.5 Å². The number of nitrogens with zero attached hydrogens (tertiary/aromatic N) is 1. The van der Waals surface area contributed by atoms with Gasteiger partial charge in [0.15, 0.2) is 6.10 Å². The van der Waals surface area contributed by atoms with Gasteiger partial charge < -0.3 is 15.4 Å². The number of para-hydroxylation sites is 1. The zero-order valence-corrected chi connectivity index (χ0v) is 16.9. The first kappa shape index (κ1) is 19.5. The van der Waals surface area contributed by atoms with Crippen molar-refractivity contribution in [3.8, 4) is 11.4 Å². The second kappa shape index (κ2) is 7.55. The van der Waals surface area contributed by atoms with E-state index < -0.39 is 6.10 Å². The lowest BCUT2D eigenvalue weighted by atomic mass is 10.1. The van der Waals surface area contributed by atoms with Crippen LogP contribution in [0.4, 0.5) is 11.4 Å². The summed E-state index contributed by atoms with van der Waals surface area (Å²) in [5.41, 5.74) is 3.48. The molecule has 30 heavy (non-hydrogen) atoms. The fourth-order valence-electron chi connectivity index (χ4n) is 3.43. The molecule has 0 radical (unpaired) electrons. The number of aryl methyl sites for hydroxylation is 2. The number of rotatable bonds is 4. The number of ether oxygens (including phenoxy) is 1. The standard InChI is InChI=1S/C22H22N4O4/c1-12-6-4-5-7-18(12)26-22(29)16(13(2)25-26)11-20(27)23-15-8-9-19-17(10-15)24-21(28)14(3)30-19/h4-10,14,25H,11H2,1-3H3,(H,23,27)(H,24,28)/t14-/m0/s1. The number of amides is 2. The summed E-state index contributed by atoms with van der Waals surface area (Å²) in [6, 6.07) is 12.5. The Balaban J connectivity index is 1.53. The van der Waals surface area contributed by atoms with Crippen molar-refractivity contribution in [3.63, 3.8) is 0 Å². The van der Waals surface area contributed by atoms with Crippen LogP contribution in [0.5, 0.6) is 5.75 Å². The van der Waals surface area contributed by atoms with E-state index in [4.69, 9.17) is 4.74 Å². The topological polar surface area (TPSA) is 105 Å². The van der Waals surface area contributed by atoms with E-state index in [0.717, 1.165) is 11.3 Å². The fourth-order valence-corrected chi connectivity index (χ4v) is 3.43. The van der Waals surface area contributed by atoms with E-state index in [9.17, 15) is 14.4 Å². The molecule has 3 aromatic rings. The molecule has 1 aliphatic rings. The minimum Gasteiger partial charge on any atom is -0.479 e. The molecule has 0 saturated carbocycles. The summed E-state index contributed by atoms with van der Waals surface area (Å²) < 4.78 is 6.97. The van der Waals surface area contributed by atoms with Crippen molar-refractivity contribution in [1.29, 1.82) is 0 Å². The van der Waals surface area contributed by atoms with Crippen LogP contribution in [0.2, 0.25) is 0 Å². The summed E-state index contributed by atoms with van der Waals surface area (Å²) in [7, 11) is 0. The lowest BCUT2D eigenvalue weighted by Crippen LogP contribution is -2.34. The number of carbonyl (C=O) groups excluding carboxylic acids is 2. The summed E-state index contributed by atoms with van der Waals surface area (Å²) in [4.78, 5) is 37.3. The van der Waals surface area contributed by atoms with Crippen LogP contribution in [0.3, 0.4) is 0 Å². The largest absolute Gasteiger partial charge is 0.479 e. The molecule has 0 aliphatic carbocycles. The Hall–Kier alpha value is -3.81. The Morgan fingerprint density at radius 2 is 1.93 bits per heavy atom. The Labute approximate surface area is 172 Å². The van der Waals surface area contributed by atoms with Gasteiger partial charge in [-0.1, -0.05) is 18.2 Å². The predicted octanol–water partition coefficient (Wildman–Crippen LogP) is 2.68. The molecular weight excluding hydrogens is 384 g/mol. The van der Waals surface area contributed by atoms with E-state index in [0.29, 0.717) is 28.4 Å². The van der Waals surface area contributed by atoms with Crippen molar-refractivity contribution in [2.45, 2.75) is 33.3 Å². The molecule has 0 bridgehead atoms. The van der Waals surface area contributed by atoms with Crippen LogP contribution in [0, 0.1) is 13.8 Å². The predicted molar refractivity (Wildman–Crippen MR) is 113 cm³/mol. The average Bonchev–Trinajstić information content (AvgIpc) is 2.97. The maximum Gasteiger partial charge on any atom is 0.275 e. The highest BCUT2D eigenvalue weighted by atomic mass is 16.5. The quantitative estimate of drug-likeness (QED) is 0.619. The average molecular weight is 406 g/mol. The van der Waals surface area contributed by atoms with Crippen molar-refractivity contribution in [3.05, 3.63) is 69.6 Å². The van der Waals surface area contributed by atoms with Gasteiger partial charge in [0.1, 0.15) is 5.75 Å². The highest BCUT2D eigenvalue weighted by molar-refractivity contribution is 5.99. The Bertz CT molecular complexity index is 1210. The molecule has 2 aromatic carbocycles. The van der Waals surface area contributed by atoms with Gasteiger partial charge in [-0.2, -0.15) is 0 Å². The highest BCUT2D eigenvalue weighted by Gasteiger charge is 2.24. The number of aromatic amines is 1. The lowest BCUT2D eigenvalue weighted by Gasteiger charge is -2.23. The Kier molecular flexibility index (Phi) is 4.91. The summed E-state index contributed by atoms with van der Waals surface area (Å²) in [6.45, 7) is 5.35. The Morgan fingerprint density at radius 1 is 1.17 bits per heavy atom. The molecule has 1 aliphatic heterocycles. The summed E-state index contributed by atoms with van der Waals surface area (Å²) in [6.07, 6.45) is -0.637. The second-order valence-corrected chi connectivity index (χ2v) is 7.33. The third-order valence-corrected chi connectivity index (χ3v) is 5.08. The first-order valence-electron chi connectivity index (χ1n) is 9.61. The third-order valence-electron chi connectivity index (χ3n) is 5.08. The summed E-state index contributed by atoms with van der Waals surface area (Å²) in [5, 5.41) is 8.57. The molecule has 0 fully saturated rings. The molecule has 1 aromatic heterocycles. The summed E-state index contributed by atoms with van der Waals surface area (Å²) >= 11 is 0. The van der Waals surface area contributed by atoms with E-state index in [1.54, 1.807) is 32.0 Å². The number of nitrogens with one attached hydrogen (secondary N) is 3. The van der Waals surface area contributed by atoms with Crippen LogP contribution in [-0.2, 0) is 16.0 Å². The van der Waals surface area contributed by atoms with Crippen LogP contribution in [0.25, 0.3) is 5.69 Å². The van der Waals surface area contributed by atoms with Crippen molar-refractivity contribution in [2.75, 3.05) is 10.6 Å². The van der Waals surface area contributed by atoms with Crippen LogP contribution in [0.15, 0.2) is 47.3 Å². The second-order valence-electron chi connectivity index (χ2n) is 7.33. The summed E-state index contributed by atoms with van der Waals surface area (Å²) in [5.74, 6) is -0.0316. The first-order chi connectivity index (χ1) is 14.3. The molecule has 2 amide bonds. The number of benzene rings is 2. The maximum absolute atomic E-state index is 12.9. The normalized spacial score (nSPS) is 15.2. The zero-order chi connectivity index (χ0) is 21.4. The van der Waals surface area contributed by atoms with Gasteiger partial charge in [0, 0.05) is 16.9 Å². The van der Waals surface area contributed by atoms with Gasteiger partial charge >= 0.3 is 0 Å². The minimum atomic E-state index is -0.565. The SMILES string of the molecule is Cc1ccccc1-n1[nH]c(C)c(CC(=O)Nc2ccc3c(c2)NC(=O)[C@H](C)O3)c1=O. The molecule has 1 atom stereocenters. The minimum absolute atomic E-state index is 0.0724. The third kappa shape index (κ3) is 3.59. The number of fused-ring (bicyclic) bond motifs is 1. The molecule has 0 saturated heterocycles.